The van der Waals surface area contributed by atoms with Gasteiger partial charge in [0, 0.05) is 5.88 Å². The first kappa shape index (κ1) is 16.0. The molecule has 6 heteroatoms. The van der Waals surface area contributed by atoms with Gasteiger partial charge >= 0.3 is 0 Å². The van der Waals surface area contributed by atoms with Gasteiger partial charge in [0.15, 0.2) is 0 Å². The highest BCUT2D eigenvalue weighted by atomic mass is 79.9. The van der Waals surface area contributed by atoms with Crippen molar-refractivity contribution in [2.24, 2.45) is 0 Å². The third-order valence-electron chi connectivity index (χ3n) is 2.97. The van der Waals surface area contributed by atoms with Gasteiger partial charge in [0.1, 0.15) is 0 Å². The zero-order valence-corrected chi connectivity index (χ0v) is 15.4. The summed E-state index contributed by atoms with van der Waals surface area (Å²) in [6, 6.07) is 11.5. The van der Waals surface area contributed by atoms with E-state index in [0.29, 0.717) is 11.4 Å². The molecule has 2 rings (SSSR count). The molecule has 1 atom stereocenters. The number of benzene rings is 1. The summed E-state index contributed by atoms with van der Waals surface area (Å²) in [6.07, 6.45) is 0. The first-order chi connectivity index (χ1) is 9.46. The predicted octanol–water partition coefficient (Wildman–Crippen LogP) is 5.16. The van der Waals surface area contributed by atoms with E-state index >= 15 is 0 Å². The van der Waals surface area contributed by atoms with Gasteiger partial charge in [0.25, 0.3) is 5.91 Å². The topological polar surface area (TPSA) is 29.1 Å². The summed E-state index contributed by atoms with van der Waals surface area (Å²) in [5, 5.41) is 3.01. The number of carbonyl (C=O) groups excluding carboxylic acids is 1. The second kappa shape index (κ2) is 6.60. The Labute approximate surface area is 143 Å². The summed E-state index contributed by atoms with van der Waals surface area (Å²) < 4.78 is 1.70. The number of hydrogen-bond acceptors (Lipinski definition) is 2. The number of amides is 1. The van der Waals surface area contributed by atoms with Crippen LogP contribution in [0.1, 0.15) is 22.8 Å². The molecule has 1 aromatic heterocycles. The zero-order chi connectivity index (χ0) is 14.8. The van der Waals surface area contributed by atoms with Crippen LogP contribution in [0.2, 0.25) is 0 Å². The monoisotopic (exact) mass is 435 g/mol. The average Bonchev–Trinajstić information content (AvgIpc) is 2.78. The Hall–Kier alpha value is -0.360. The molecule has 0 aliphatic rings. The molecule has 20 heavy (non-hydrogen) atoms. The highest BCUT2D eigenvalue weighted by Gasteiger charge is 2.29. The summed E-state index contributed by atoms with van der Waals surface area (Å²) in [7, 11) is 0. The molecule has 1 amide bonds. The van der Waals surface area contributed by atoms with E-state index in [1.807, 2.05) is 37.3 Å². The maximum Gasteiger partial charge on any atom is 0.254 e. The van der Waals surface area contributed by atoms with Crippen molar-refractivity contribution >= 4 is 60.7 Å². The van der Waals surface area contributed by atoms with Crippen molar-refractivity contribution in [2.45, 2.75) is 12.5 Å². The molecule has 0 aliphatic heterocycles. The fourth-order valence-electron chi connectivity index (χ4n) is 1.80. The van der Waals surface area contributed by atoms with E-state index in [9.17, 15) is 4.79 Å². The lowest BCUT2D eigenvalue weighted by molar-refractivity contribution is 0.0913. The number of halogens is 3. The van der Waals surface area contributed by atoms with E-state index < -0.39 is 5.54 Å². The number of thiophene rings is 1. The summed E-state index contributed by atoms with van der Waals surface area (Å²) in [5.41, 5.74) is 0.983. The van der Waals surface area contributed by atoms with Crippen molar-refractivity contribution in [3.63, 3.8) is 0 Å². The van der Waals surface area contributed by atoms with Crippen LogP contribution in [-0.2, 0) is 5.54 Å². The molecule has 0 bridgehead atoms. The van der Waals surface area contributed by atoms with Crippen LogP contribution in [0.15, 0.2) is 44.0 Å². The minimum Gasteiger partial charge on any atom is -0.342 e. The van der Waals surface area contributed by atoms with E-state index in [4.69, 9.17) is 11.6 Å². The van der Waals surface area contributed by atoms with Gasteiger partial charge in [0.05, 0.1) is 18.7 Å². The van der Waals surface area contributed by atoms with E-state index in [2.05, 4.69) is 37.2 Å². The van der Waals surface area contributed by atoms with Crippen molar-refractivity contribution in [1.29, 1.82) is 0 Å². The van der Waals surface area contributed by atoms with Gasteiger partial charge in [-0.2, -0.15) is 0 Å². The Morgan fingerprint density at radius 2 is 2.00 bits per heavy atom. The number of alkyl halides is 1. The largest absolute Gasteiger partial charge is 0.342 e. The van der Waals surface area contributed by atoms with Crippen LogP contribution in [0.3, 0.4) is 0 Å². The van der Waals surface area contributed by atoms with Crippen LogP contribution >= 0.6 is 54.8 Å². The fraction of sp³-hybridized carbons (Fsp3) is 0.214. The molecule has 1 aromatic carbocycles. The van der Waals surface area contributed by atoms with Gasteiger partial charge in [-0.05, 0) is 50.4 Å². The molecule has 1 unspecified atom stereocenters. The fourth-order valence-corrected chi connectivity index (χ4v) is 4.82. The molecule has 1 N–H and O–H groups in total. The molecule has 0 saturated heterocycles. The lowest BCUT2D eigenvalue weighted by Crippen LogP contribution is -2.45. The molecular formula is C14H12Br2ClNOS. The maximum absolute atomic E-state index is 12.4. The lowest BCUT2D eigenvalue weighted by atomic mass is 9.94. The minimum atomic E-state index is -0.603. The van der Waals surface area contributed by atoms with Gasteiger partial charge in [-0.1, -0.05) is 30.3 Å². The van der Waals surface area contributed by atoms with Crippen LogP contribution in [-0.4, -0.2) is 11.8 Å². The summed E-state index contributed by atoms with van der Waals surface area (Å²) >= 11 is 14.3. The minimum absolute atomic E-state index is 0.147. The smallest absolute Gasteiger partial charge is 0.254 e. The highest BCUT2D eigenvalue weighted by molar-refractivity contribution is 9.12. The Kier molecular flexibility index (Phi) is 5.29. The molecule has 0 spiro atoms. The molecule has 0 radical (unpaired) electrons. The van der Waals surface area contributed by atoms with Crippen molar-refractivity contribution in [1.82, 2.24) is 5.32 Å². The molecular weight excluding hydrogens is 425 g/mol. The standard InChI is InChI=1S/C14H12Br2ClNOS/c1-14(8-17,9-5-3-2-4-6-9)18-13(19)10-7-11(15)20-12(10)16/h2-7H,8H2,1H3,(H,18,19). The van der Waals surface area contributed by atoms with Gasteiger partial charge in [-0.25, -0.2) is 0 Å². The molecule has 106 valence electrons. The molecule has 1 heterocycles. The quantitative estimate of drug-likeness (QED) is 0.658. The van der Waals surface area contributed by atoms with Crippen LogP contribution in [0.25, 0.3) is 0 Å². The van der Waals surface area contributed by atoms with E-state index in [0.717, 1.165) is 13.1 Å². The van der Waals surface area contributed by atoms with Gasteiger partial charge in [-0.15, -0.1) is 22.9 Å². The Bertz CT molecular complexity index is 617. The number of nitrogens with one attached hydrogen (secondary N) is 1. The first-order valence-electron chi connectivity index (χ1n) is 5.85. The molecule has 0 fully saturated rings. The van der Waals surface area contributed by atoms with Crippen molar-refractivity contribution in [3.05, 3.63) is 55.1 Å². The van der Waals surface area contributed by atoms with Crippen molar-refractivity contribution in [3.8, 4) is 0 Å². The Morgan fingerprint density at radius 1 is 1.35 bits per heavy atom. The number of carbonyl (C=O) groups is 1. The van der Waals surface area contributed by atoms with E-state index in [-0.39, 0.29) is 5.91 Å². The summed E-state index contributed by atoms with van der Waals surface area (Å²) in [6.45, 7) is 1.92. The second-order valence-corrected chi connectivity index (χ2v) is 8.54. The van der Waals surface area contributed by atoms with Crippen LogP contribution in [0, 0.1) is 0 Å². The predicted molar refractivity (Wildman–Crippen MR) is 91.7 cm³/mol. The van der Waals surface area contributed by atoms with Crippen LogP contribution < -0.4 is 5.32 Å². The molecule has 0 saturated carbocycles. The van der Waals surface area contributed by atoms with E-state index in [1.54, 1.807) is 6.07 Å². The average molecular weight is 438 g/mol. The second-order valence-electron chi connectivity index (χ2n) is 4.52. The molecule has 2 nitrogen and oxygen atoms in total. The van der Waals surface area contributed by atoms with Gasteiger partial charge in [0.2, 0.25) is 0 Å². The van der Waals surface area contributed by atoms with E-state index in [1.165, 1.54) is 11.3 Å². The SMILES string of the molecule is CC(CCl)(NC(=O)c1cc(Br)sc1Br)c1ccccc1. The lowest BCUT2D eigenvalue weighted by Gasteiger charge is -2.29. The first-order valence-corrected chi connectivity index (χ1v) is 8.79. The third-order valence-corrected chi connectivity index (χ3v) is 5.84. The molecule has 0 aliphatic carbocycles. The normalized spacial score (nSPS) is 13.8. The van der Waals surface area contributed by atoms with Crippen LogP contribution in [0.4, 0.5) is 0 Å². The van der Waals surface area contributed by atoms with Gasteiger partial charge in [-0.3, -0.25) is 4.79 Å². The molecule has 2 aromatic rings. The van der Waals surface area contributed by atoms with Gasteiger partial charge < -0.3 is 5.32 Å². The third kappa shape index (κ3) is 3.45. The maximum atomic E-state index is 12.4. The Balaban J connectivity index is 2.26. The van der Waals surface area contributed by atoms with Crippen molar-refractivity contribution < 1.29 is 4.79 Å². The Morgan fingerprint density at radius 3 is 2.50 bits per heavy atom. The highest BCUT2D eigenvalue weighted by Crippen LogP contribution is 2.32. The summed E-state index contributed by atoms with van der Waals surface area (Å²) in [5.74, 6) is 0.150. The number of hydrogen-bond donors (Lipinski definition) is 1. The van der Waals surface area contributed by atoms with Crippen molar-refractivity contribution in [2.75, 3.05) is 5.88 Å². The number of rotatable bonds is 4. The van der Waals surface area contributed by atoms with Crippen LogP contribution in [0.5, 0.6) is 0 Å². The zero-order valence-electron chi connectivity index (χ0n) is 10.6. The summed E-state index contributed by atoms with van der Waals surface area (Å²) in [4.78, 5) is 12.4.